The van der Waals surface area contributed by atoms with Gasteiger partial charge < -0.3 is 14.2 Å². The topological polar surface area (TPSA) is 52.3 Å². The van der Waals surface area contributed by atoms with Crippen LogP contribution in [0.15, 0.2) is 42.9 Å². The minimum Gasteiger partial charge on any atom is -0.381 e. The third-order valence-corrected chi connectivity index (χ3v) is 8.30. The van der Waals surface area contributed by atoms with Crippen molar-refractivity contribution in [3.63, 3.8) is 0 Å². The molecule has 0 aliphatic carbocycles. The fraction of sp³-hybridized carbons (Fsp3) is 0.419. The Labute approximate surface area is 227 Å². The molecule has 0 atom stereocenters. The SMILES string of the molecule is CCC(=O)c1cn(C)c2c(C3CCOCC3)cc(N3CCCc4cc(-c5cnn(C)c5)c(C(F)F)cc43)cc12. The Morgan fingerprint density at radius 1 is 1.13 bits per heavy atom. The molecule has 6 rings (SSSR count). The maximum Gasteiger partial charge on any atom is 0.264 e. The van der Waals surface area contributed by atoms with Crippen LogP contribution < -0.4 is 4.90 Å². The Morgan fingerprint density at radius 2 is 1.92 bits per heavy atom. The number of ether oxygens (including phenoxy) is 1. The van der Waals surface area contributed by atoms with Gasteiger partial charge in [-0.05, 0) is 72.6 Å². The van der Waals surface area contributed by atoms with Crippen LogP contribution in [0.2, 0.25) is 0 Å². The molecule has 0 bridgehead atoms. The van der Waals surface area contributed by atoms with Gasteiger partial charge >= 0.3 is 0 Å². The molecular weight excluding hydrogens is 498 g/mol. The Kier molecular flexibility index (Phi) is 6.75. The van der Waals surface area contributed by atoms with Gasteiger partial charge in [-0.25, -0.2) is 8.78 Å². The second kappa shape index (κ2) is 10.2. The van der Waals surface area contributed by atoms with Crippen LogP contribution in [0.3, 0.4) is 0 Å². The molecule has 0 unspecified atom stereocenters. The molecule has 2 aliphatic heterocycles. The van der Waals surface area contributed by atoms with Gasteiger partial charge in [0.2, 0.25) is 0 Å². The number of carbonyl (C=O) groups is 1. The molecule has 0 N–H and O–H groups in total. The van der Waals surface area contributed by atoms with Gasteiger partial charge in [-0.3, -0.25) is 9.48 Å². The van der Waals surface area contributed by atoms with E-state index in [1.165, 1.54) is 5.56 Å². The molecular formula is C31H34F2N4O2. The van der Waals surface area contributed by atoms with Gasteiger partial charge in [-0.2, -0.15) is 5.10 Å². The molecule has 8 heteroatoms. The summed E-state index contributed by atoms with van der Waals surface area (Å²) in [6.45, 7) is 4.04. The van der Waals surface area contributed by atoms with Crippen LogP contribution in [-0.4, -0.2) is 39.9 Å². The van der Waals surface area contributed by atoms with Crippen LogP contribution >= 0.6 is 0 Å². The molecule has 6 nitrogen and oxygen atoms in total. The number of hydrogen-bond acceptors (Lipinski definition) is 4. The van der Waals surface area contributed by atoms with Crippen LogP contribution in [0.4, 0.5) is 20.2 Å². The van der Waals surface area contributed by atoms with Gasteiger partial charge in [0.1, 0.15) is 0 Å². The molecule has 204 valence electrons. The smallest absolute Gasteiger partial charge is 0.264 e. The van der Waals surface area contributed by atoms with E-state index in [1.54, 1.807) is 30.2 Å². The maximum atomic E-state index is 14.4. The van der Waals surface area contributed by atoms with Crippen molar-refractivity contribution < 1.29 is 18.3 Å². The van der Waals surface area contributed by atoms with E-state index in [1.807, 2.05) is 26.2 Å². The highest BCUT2D eigenvalue weighted by molar-refractivity contribution is 6.09. The number of carbonyl (C=O) groups excluding carboxylic acids is 1. The molecule has 39 heavy (non-hydrogen) atoms. The van der Waals surface area contributed by atoms with Crippen LogP contribution in [-0.2, 0) is 25.3 Å². The van der Waals surface area contributed by atoms with Crippen molar-refractivity contribution in [3.05, 3.63) is 65.1 Å². The molecule has 1 saturated heterocycles. The number of benzene rings is 2. The molecule has 1 fully saturated rings. The lowest BCUT2D eigenvalue weighted by Crippen LogP contribution is -2.25. The van der Waals surface area contributed by atoms with Crippen molar-refractivity contribution in [1.29, 1.82) is 0 Å². The normalized spacial score (nSPS) is 16.3. The predicted octanol–water partition coefficient (Wildman–Crippen LogP) is 7.09. The standard InChI is InChI=1S/C31H34F2N4O2/c1-4-29(38)27-18-35(2)30-24(19-7-10-39-11-8-19)13-22(14-25(27)30)37-9-5-6-20-12-23(21-16-34-36(3)17-21)26(31(32)33)15-28(20)37/h12-19,31H,4-11H2,1-3H3. The van der Waals surface area contributed by atoms with Crippen molar-refractivity contribution in [2.45, 2.75) is 51.4 Å². The van der Waals surface area contributed by atoms with Gasteiger partial charge in [0.05, 0.1) is 11.7 Å². The average Bonchev–Trinajstić information content (AvgIpc) is 3.54. The molecule has 2 aromatic carbocycles. The second-order valence-corrected chi connectivity index (χ2v) is 10.8. The van der Waals surface area contributed by atoms with Crippen molar-refractivity contribution in [1.82, 2.24) is 14.3 Å². The summed E-state index contributed by atoms with van der Waals surface area (Å²) in [4.78, 5) is 15.1. The number of hydrogen-bond donors (Lipinski definition) is 0. The summed E-state index contributed by atoms with van der Waals surface area (Å²) in [5.41, 5.74) is 7.09. The minimum absolute atomic E-state index is 0.0148. The first-order valence-corrected chi connectivity index (χ1v) is 13.8. The van der Waals surface area contributed by atoms with Crippen molar-refractivity contribution in [2.75, 3.05) is 24.7 Å². The van der Waals surface area contributed by atoms with E-state index in [9.17, 15) is 13.6 Å². The second-order valence-electron chi connectivity index (χ2n) is 10.8. The number of ketones is 1. The Hall–Kier alpha value is -3.52. The van der Waals surface area contributed by atoms with Crippen LogP contribution in [0, 0.1) is 0 Å². The van der Waals surface area contributed by atoms with E-state index in [-0.39, 0.29) is 11.3 Å². The van der Waals surface area contributed by atoms with Gasteiger partial charge in [-0.15, -0.1) is 0 Å². The molecule has 0 spiro atoms. The summed E-state index contributed by atoms with van der Waals surface area (Å²) in [7, 11) is 3.79. The largest absolute Gasteiger partial charge is 0.381 e. The summed E-state index contributed by atoms with van der Waals surface area (Å²) in [5, 5.41) is 5.15. The Bertz CT molecular complexity index is 1550. The molecule has 0 radical (unpaired) electrons. The van der Waals surface area contributed by atoms with Gasteiger partial charge in [-0.1, -0.05) is 6.92 Å². The zero-order valence-electron chi connectivity index (χ0n) is 22.7. The van der Waals surface area contributed by atoms with Gasteiger partial charge in [0, 0.05) is 86.1 Å². The van der Waals surface area contributed by atoms with Crippen molar-refractivity contribution in [3.8, 4) is 11.1 Å². The maximum absolute atomic E-state index is 14.4. The lowest BCUT2D eigenvalue weighted by molar-refractivity contribution is 0.0855. The van der Waals surface area contributed by atoms with E-state index >= 15 is 0 Å². The third-order valence-electron chi connectivity index (χ3n) is 8.30. The van der Waals surface area contributed by atoms with E-state index < -0.39 is 6.43 Å². The zero-order valence-corrected chi connectivity index (χ0v) is 22.7. The van der Waals surface area contributed by atoms with Crippen LogP contribution in [0.25, 0.3) is 22.0 Å². The first-order chi connectivity index (χ1) is 18.9. The summed E-state index contributed by atoms with van der Waals surface area (Å²) in [6.07, 6.45) is 6.75. The number of alkyl halides is 2. The Morgan fingerprint density at radius 3 is 2.62 bits per heavy atom. The minimum atomic E-state index is -2.61. The van der Waals surface area contributed by atoms with Crippen LogP contribution in [0.5, 0.6) is 0 Å². The third kappa shape index (κ3) is 4.54. The van der Waals surface area contributed by atoms with Crippen molar-refractivity contribution in [2.24, 2.45) is 14.1 Å². The zero-order chi connectivity index (χ0) is 27.3. The van der Waals surface area contributed by atoms with E-state index in [0.717, 1.165) is 65.6 Å². The van der Waals surface area contributed by atoms with E-state index in [2.05, 4.69) is 26.7 Å². The summed E-state index contributed by atoms with van der Waals surface area (Å²) in [5.74, 6) is 0.420. The Balaban J connectivity index is 1.54. The number of halogens is 2. The molecule has 4 heterocycles. The number of fused-ring (bicyclic) bond motifs is 2. The number of aromatic nitrogens is 3. The summed E-state index contributed by atoms with van der Waals surface area (Å²) >= 11 is 0. The lowest BCUT2D eigenvalue weighted by Gasteiger charge is -2.34. The first kappa shape index (κ1) is 25.7. The molecule has 0 saturated carbocycles. The fourth-order valence-electron chi connectivity index (χ4n) is 6.36. The van der Waals surface area contributed by atoms with E-state index in [4.69, 9.17) is 4.74 Å². The molecule has 4 aromatic rings. The molecule has 0 amide bonds. The van der Waals surface area contributed by atoms with Crippen molar-refractivity contribution >= 4 is 28.1 Å². The number of rotatable bonds is 6. The van der Waals surface area contributed by atoms with E-state index in [0.29, 0.717) is 36.7 Å². The summed E-state index contributed by atoms with van der Waals surface area (Å²) in [6, 6.07) is 7.91. The number of Topliss-reactive ketones (excluding diaryl/α,β-unsaturated/α-hetero) is 1. The predicted molar refractivity (Wildman–Crippen MR) is 149 cm³/mol. The van der Waals surface area contributed by atoms with Gasteiger partial charge in [0.25, 0.3) is 6.43 Å². The highest BCUT2D eigenvalue weighted by Gasteiger charge is 2.28. The highest BCUT2D eigenvalue weighted by atomic mass is 19.3. The fourth-order valence-corrected chi connectivity index (χ4v) is 6.36. The molecule has 2 aliphatic rings. The monoisotopic (exact) mass is 532 g/mol. The molecule has 2 aromatic heterocycles. The highest BCUT2D eigenvalue weighted by Crippen LogP contribution is 2.44. The van der Waals surface area contributed by atoms with Crippen LogP contribution in [0.1, 0.15) is 72.0 Å². The summed E-state index contributed by atoms with van der Waals surface area (Å²) < 4.78 is 38.2. The number of anilines is 2. The number of aryl methyl sites for hydroxylation is 3. The lowest BCUT2D eigenvalue weighted by atomic mass is 9.88. The quantitative estimate of drug-likeness (QED) is 0.249. The van der Waals surface area contributed by atoms with Gasteiger partial charge in [0.15, 0.2) is 5.78 Å². The first-order valence-electron chi connectivity index (χ1n) is 13.8. The number of nitrogens with zero attached hydrogens (tertiary/aromatic N) is 4. The average molecular weight is 533 g/mol.